The van der Waals surface area contributed by atoms with Crippen LogP contribution >= 0.6 is 0 Å². The molecule has 0 rings (SSSR count). The minimum Gasteiger partial charge on any atom is -0.463 e. The number of hydrogen-bond acceptors (Lipinski definition) is 4. The molecular formula is C12H22N2O2. The monoisotopic (exact) mass is 226 g/mol. The molecular weight excluding hydrogens is 204 g/mol. The van der Waals surface area contributed by atoms with E-state index in [1.165, 1.54) is 0 Å². The maximum Gasteiger partial charge on any atom is 0.323 e. The van der Waals surface area contributed by atoms with E-state index in [1.807, 2.05) is 33.8 Å². The second-order valence-corrected chi connectivity index (χ2v) is 4.59. The van der Waals surface area contributed by atoms with Crippen molar-refractivity contribution in [3.8, 4) is 6.07 Å². The topological polar surface area (TPSA) is 62.1 Å². The van der Waals surface area contributed by atoms with E-state index < -0.39 is 11.9 Å². The van der Waals surface area contributed by atoms with Gasteiger partial charge in [0, 0.05) is 12.6 Å². The number of nitriles is 1. The largest absolute Gasteiger partial charge is 0.463 e. The van der Waals surface area contributed by atoms with Crippen molar-refractivity contribution >= 4 is 5.97 Å². The van der Waals surface area contributed by atoms with Gasteiger partial charge in [0.05, 0.1) is 6.07 Å². The van der Waals surface area contributed by atoms with Crippen LogP contribution in [0.1, 0.15) is 34.1 Å². The molecule has 16 heavy (non-hydrogen) atoms. The lowest BCUT2D eigenvalue weighted by molar-refractivity contribution is -0.146. The minimum atomic E-state index is -0.626. The van der Waals surface area contributed by atoms with Crippen molar-refractivity contribution in [2.75, 3.05) is 13.2 Å². The summed E-state index contributed by atoms with van der Waals surface area (Å²) in [5, 5.41) is 12.0. The Bertz CT molecular complexity index is 244. The Balaban J connectivity index is 3.81. The molecule has 0 spiro atoms. The summed E-state index contributed by atoms with van der Waals surface area (Å²) in [6.07, 6.45) is 0.562. The van der Waals surface area contributed by atoms with Gasteiger partial charge in [-0.3, -0.25) is 4.79 Å². The second-order valence-electron chi connectivity index (χ2n) is 4.59. The highest BCUT2D eigenvalue weighted by Crippen LogP contribution is 2.12. The molecule has 0 fully saturated rings. The van der Waals surface area contributed by atoms with Crippen LogP contribution in [0.2, 0.25) is 0 Å². The predicted molar refractivity (Wildman–Crippen MR) is 62.7 cm³/mol. The Morgan fingerprint density at radius 2 is 2.00 bits per heavy atom. The van der Waals surface area contributed by atoms with Crippen molar-refractivity contribution in [3.63, 3.8) is 0 Å². The van der Waals surface area contributed by atoms with Gasteiger partial charge in [0.25, 0.3) is 0 Å². The summed E-state index contributed by atoms with van der Waals surface area (Å²) in [7, 11) is 0. The van der Waals surface area contributed by atoms with Crippen LogP contribution in [0.4, 0.5) is 0 Å². The highest BCUT2D eigenvalue weighted by Gasteiger charge is 2.20. The van der Waals surface area contributed by atoms with Gasteiger partial charge in [-0.15, -0.1) is 0 Å². The number of nitrogens with one attached hydrogen (secondary N) is 1. The van der Waals surface area contributed by atoms with Gasteiger partial charge in [0.15, 0.2) is 0 Å². The lowest BCUT2D eigenvalue weighted by Crippen LogP contribution is -2.29. The van der Waals surface area contributed by atoms with E-state index in [9.17, 15) is 4.79 Å². The molecule has 92 valence electrons. The number of ether oxygens (including phenoxy) is 1. The maximum atomic E-state index is 11.5. The maximum absolute atomic E-state index is 11.5. The molecule has 0 saturated carbocycles. The fourth-order valence-electron chi connectivity index (χ4n) is 1.27. The standard InChI is InChI=1S/C12H22N2O2/c1-9(2)7-11(8-13)12(15)16-6-5-14-10(3)4/h9-11,14H,5-7H2,1-4H3. The Morgan fingerprint density at radius 1 is 1.38 bits per heavy atom. The number of carbonyl (C=O) groups is 1. The Kier molecular flexibility index (Phi) is 7.57. The summed E-state index contributed by atoms with van der Waals surface area (Å²) in [5.41, 5.74) is 0. The van der Waals surface area contributed by atoms with Crippen LogP contribution < -0.4 is 5.32 Å². The Morgan fingerprint density at radius 3 is 2.44 bits per heavy atom. The van der Waals surface area contributed by atoms with Gasteiger partial charge in [0.1, 0.15) is 12.5 Å². The number of hydrogen-bond donors (Lipinski definition) is 1. The van der Waals surface area contributed by atoms with Crippen LogP contribution in [0, 0.1) is 23.2 Å². The molecule has 0 aromatic rings. The zero-order valence-corrected chi connectivity index (χ0v) is 10.6. The zero-order chi connectivity index (χ0) is 12.6. The number of carbonyl (C=O) groups excluding carboxylic acids is 1. The first kappa shape index (κ1) is 14.9. The second kappa shape index (κ2) is 8.12. The summed E-state index contributed by atoms with van der Waals surface area (Å²) in [5.74, 6) is -0.702. The molecule has 4 nitrogen and oxygen atoms in total. The molecule has 0 aromatic heterocycles. The molecule has 1 N–H and O–H groups in total. The van der Waals surface area contributed by atoms with E-state index in [0.717, 1.165) is 0 Å². The van der Waals surface area contributed by atoms with Crippen LogP contribution in [0.5, 0.6) is 0 Å². The molecule has 0 aromatic carbocycles. The predicted octanol–water partition coefficient (Wildman–Crippen LogP) is 1.71. The molecule has 0 aliphatic rings. The molecule has 0 amide bonds. The molecule has 0 heterocycles. The van der Waals surface area contributed by atoms with Crippen LogP contribution in [0.3, 0.4) is 0 Å². The fourth-order valence-corrected chi connectivity index (χ4v) is 1.27. The number of rotatable bonds is 7. The first-order chi connectivity index (χ1) is 7.47. The van der Waals surface area contributed by atoms with Crippen molar-refractivity contribution in [2.24, 2.45) is 11.8 Å². The van der Waals surface area contributed by atoms with E-state index in [0.29, 0.717) is 31.5 Å². The molecule has 0 saturated heterocycles. The molecule has 4 heteroatoms. The summed E-state index contributed by atoms with van der Waals surface area (Å²) < 4.78 is 5.02. The summed E-state index contributed by atoms with van der Waals surface area (Å²) in [4.78, 5) is 11.5. The van der Waals surface area contributed by atoms with Crippen LogP contribution in [-0.2, 0) is 9.53 Å². The molecule has 0 aliphatic heterocycles. The van der Waals surface area contributed by atoms with E-state index in [-0.39, 0.29) is 0 Å². The first-order valence-electron chi connectivity index (χ1n) is 5.77. The molecule has 1 atom stereocenters. The van der Waals surface area contributed by atoms with Gasteiger partial charge < -0.3 is 10.1 Å². The Labute approximate surface area is 98.0 Å². The Hall–Kier alpha value is -1.08. The average molecular weight is 226 g/mol. The van der Waals surface area contributed by atoms with Gasteiger partial charge in [0.2, 0.25) is 0 Å². The fraction of sp³-hybridized carbons (Fsp3) is 0.833. The highest BCUT2D eigenvalue weighted by atomic mass is 16.5. The van der Waals surface area contributed by atoms with Gasteiger partial charge in [-0.2, -0.15) is 5.26 Å². The quantitative estimate of drug-likeness (QED) is 0.530. The lowest BCUT2D eigenvalue weighted by Gasteiger charge is -2.12. The van der Waals surface area contributed by atoms with Crippen molar-refractivity contribution in [3.05, 3.63) is 0 Å². The van der Waals surface area contributed by atoms with E-state index in [1.54, 1.807) is 0 Å². The van der Waals surface area contributed by atoms with Crippen molar-refractivity contribution in [1.29, 1.82) is 5.26 Å². The van der Waals surface area contributed by atoms with Crippen LogP contribution in [0.25, 0.3) is 0 Å². The average Bonchev–Trinajstić information content (AvgIpc) is 2.20. The minimum absolute atomic E-state index is 0.325. The highest BCUT2D eigenvalue weighted by molar-refractivity contribution is 5.75. The summed E-state index contributed by atoms with van der Waals surface area (Å²) >= 11 is 0. The smallest absolute Gasteiger partial charge is 0.323 e. The first-order valence-corrected chi connectivity index (χ1v) is 5.77. The van der Waals surface area contributed by atoms with E-state index in [4.69, 9.17) is 10.00 Å². The van der Waals surface area contributed by atoms with Gasteiger partial charge in [-0.25, -0.2) is 0 Å². The van der Waals surface area contributed by atoms with Crippen LogP contribution in [-0.4, -0.2) is 25.2 Å². The summed E-state index contributed by atoms with van der Waals surface area (Å²) in [6.45, 7) is 8.98. The number of nitrogens with zero attached hydrogens (tertiary/aromatic N) is 1. The van der Waals surface area contributed by atoms with Crippen molar-refractivity contribution < 1.29 is 9.53 Å². The van der Waals surface area contributed by atoms with Gasteiger partial charge in [-0.05, 0) is 12.3 Å². The third-order valence-electron chi connectivity index (χ3n) is 2.05. The van der Waals surface area contributed by atoms with E-state index >= 15 is 0 Å². The van der Waals surface area contributed by atoms with Gasteiger partial charge in [-0.1, -0.05) is 27.7 Å². The van der Waals surface area contributed by atoms with E-state index in [2.05, 4.69) is 5.32 Å². The molecule has 0 aliphatic carbocycles. The lowest BCUT2D eigenvalue weighted by atomic mass is 9.99. The molecule has 1 unspecified atom stereocenters. The van der Waals surface area contributed by atoms with Crippen molar-refractivity contribution in [2.45, 2.75) is 40.2 Å². The molecule has 0 radical (unpaired) electrons. The third-order valence-corrected chi connectivity index (χ3v) is 2.05. The van der Waals surface area contributed by atoms with Crippen molar-refractivity contribution in [1.82, 2.24) is 5.32 Å². The SMILES string of the molecule is CC(C)CC(C#N)C(=O)OCCNC(C)C. The number of esters is 1. The normalized spacial score (nSPS) is 12.6. The molecule has 0 bridgehead atoms. The van der Waals surface area contributed by atoms with Crippen LogP contribution in [0.15, 0.2) is 0 Å². The summed E-state index contributed by atoms with van der Waals surface area (Å²) in [6, 6.07) is 2.36. The van der Waals surface area contributed by atoms with Gasteiger partial charge >= 0.3 is 5.97 Å². The third kappa shape index (κ3) is 7.24. The zero-order valence-electron chi connectivity index (χ0n) is 10.6.